The van der Waals surface area contributed by atoms with Gasteiger partial charge in [0.15, 0.2) is 0 Å². The van der Waals surface area contributed by atoms with Crippen LogP contribution in [-0.4, -0.2) is 23.5 Å². The lowest BCUT2D eigenvalue weighted by Gasteiger charge is -2.14. The third kappa shape index (κ3) is 3.99. The molecule has 0 spiro atoms. The van der Waals surface area contributed by atoms with Gasteiger partial charge in [0.1, 0.15) is 10.8 Å². The lowest BCUT2D eigenvalue weighted by molar-refractivity contribution is -0.119. The fraction of sp³-hybridized carbons (Fsp3) is 0.300. The molecule has 2 N–H and O–H groups in total. The molecule has 1 aliphatic rings. The van der Waals surface area contributed by atoms with E-state index < -0.39 is 0 Å². The molecule has 6 heteroatoms. The zero-order chi connectivity index (χ0) is 18.7. The summed E-state index contributed by atoms with van der Waals surface area (Å²) in [6.07, 6.45) is 3.23. The average Bonchev–Trinajstić information content (AvgIpc) is 3.02. The van der Waals surface area contributed by atoms with Gasteiger partial charge in [0.05, 0.1) is 6.61 Å². The number of aryl methyl sites for hydroxylation is 1. The highest BCUT2D eigenvalue weighted by Gasteiger charge is 2.20. The van der Waals surface area contributed by atoms with Gasteiger partial charge in [0.2, 0.25) is 5.91 Å². The van der Waals surface area contributed by atoms with Crippen molar-refractivity contribution in [1.29, 1.82) is 0 Å². The van der Waals surface area contributed by atoms with Gasteiger partial charge < -0.3 is 15.0 Å². The molecular formula is C20H21ClN2O3. The lowest BCUT2D eigenvalue weighted by atomic mass is 9.97. The Hall–Kier alpha value is -2.53. The minimum Gasteiger partial charge on any atom is -0.494 e. The van der Waals surface area contributed by atoms with E-state index in [-0.39, 0.29) is 22.5 Å². The number of aromatic amines is 1. The Morgan fingerprint density at radius 1 is 1.31 bits per heavy atom. The number of hydrogen-bond acceptors (Lipinski definition) is 3. The molecule has 1 atom stereocenters. The highest BCUT2D eigenvalue weighted by atomic mass is 35.5. The Balaban J connectivity index is 2.06. The van der Waals surface area contributed by atoms with E-state index in [1.165, 1.54) is 0 Å². The number of halogens is 1. The molecule has 0 bridgehead atoms. The molecule has 2 heterocycles. The van der Waals surface area contributed by atoms with E-state index in [0.29, 0.717) is 18.7 Å². The summed E-state index contributed by atoms with van der Waals surface area (Å²) in [4.78, 5) is 26.3. The molecule has 1 aliphatic heterocycles. The van der Waals surface area contributed by atoms with Crippen LogP contribution in [-0.2, 0) is 4.79 Å². The molecule has 0 radical (unpaired) electrons. The minimum absolute atomic E-state index is 0.0399. The number of aromatic nitrogens is 1. The van der Waals surface area contributed by atoms with Gasteiger partial charge in [-0.2, -0.15) is 0 Å². The molecule has 1 amide bonds. The Labute approximate surface area is 157 Å². The second-order valence-electron chi connectivity index (χ2n) is 6.26. The minimum atomic E-state index is -0.340. The van der Waals surface area contributed by atoms with Gasteiger partial charge in [-0.25, -0.2) is 0 Å². The number of amides is 1. The maximum absolute atomic E-state index is 12.0. The number of pyridine rings is 1. The number of rotatable bonds is 5. The largest absolute Gasteiger partial charge is 0.494 e. The fourth-order valence-electron chi connectivity index (χ4n) is 3.05. The molecular weight excluding hydrogens is 352 g/mol. The molecule has 1 fully saturated rings. The van der Waals surface area contributed by atoms with E-state index >= 15 is 0 Å². The van der Waals surface area contributed by atoms with Crippen LogP contribution >= 0.6 is 11.6 Å². The Morgan fingerprint density at radius 3 is 2.73 bits per heavy atom. The van der Waals surface area contributed by atoms with Crippen LogP contribution in [0.4, 0.5) is 0 Å². The van der Waals surface area contributed by atoms with Crippen LogP contribution in [0.1, 0.15) is 36.6 Å². The molecule has 2 aromatic rings. The topological polar surface area (TPSA) is 71.2 Å². The van der Waals surface area contributed by atoms with E-state index in [4.69, 9.17) is 16.3 Å². The Kier molecular flexibility index (Phi) is 5.47. The summed E-state index contributed by atoms with van der Waals surface area (Å²) in [6, 6.07) is 9.18. The van der Waals surface area contributed by atoms with Crippen molar-refractivity contribution in [2.75, 3.05) is 6.61 Å². The molecule has 3 rings (SSSR count). The van der Waals surface area contributed by atoms with Crippen molar-refractivity contribution in [3.63, 3.8) is 0 Å². The first kappa shape index (κ1) is 18.3. The van der Waals surface area contributed by atoms with Crippen molar-refractivity contribution >= 4 is 23.1 Å². The van der Waals surface area contributed by atoms with Crippen molar-refractivity contribution in [1.82, 2.24) is 10.3 Å². The summed E-state index contributed by atoms with van der Waals surface area (Å²) < 4.78 is 5.61. The predicted octanol–water partition coefficient (Wildman–Crippen LogP) is 3.45. The summed E-state index contributed by atoms with van der Waals surface area (Å²) in [6.45, 7) is 4.52. The standard InChI is InChI=1S/C20H21ClN2O3/c1-3-26-18-8-4-13(10-12(18)2)15(11-14-5-9-19(24)22-14)17-7-6-16(21)20(25)23-17/h4,6-8,10-11,14H,3,5,9H2,1-2H3,(H,22,24)(H,23,25)/t14-/m1/s1. The zero-order valence-corrected chi connectivity index (χ0v) is 15.5. The van der Waals surface area contributed by atoms with Gasteiger partial charge in [-0.1, -0.05) is 23.7 Å². The summed E-state index contributed by atoms with van der Waals surface area (Å²) in [7, 11) is 0. The van der Waals surface area contributed by atoms with E-state index in [2.05, 4.69) is 10.3 Å². The molecule has 1 aromatic carbocycles. The smallest absolute Gasteiger partial charge is 0.267 e. The summed E-state index contributed by atoms with van der Waals surface area (Å²) in [5.41, 5.74) is 3.10. The molecule has 26 heavy (non-hydrogen) atoms. The number of benzene rings is 1. The number of hydrogen-bond donors (Lipinski definition) is 2. The number of ether oxygens (including phenoxy) is 1. The Morgan fingerprint density at radius 2 is 2.12 bits per heavy atom. The predicted molar refractivity (Wildman–Crippen MR) is 103 cm³/mol. The molecule has 1 aromatic heterocycles. The van der Waals surface area contributed by atoms with Crippen molar-refractivity contribution in [3.8, 4) is 5.75 Å². The van der Waals surface area contributed by atoms with Gasteiger partial charge in [-0.15, -0.1) is 0 Å². The first-order valence-electron chi connectivity index (χ1n) is 8.62. The summed E-state index contributed by atoms with van der Waals surface area (Å²) in [5, 5.41) is 3.08. The van der Waals surface area contributed by atoms with E-state index in [9.17, 15) is 9.59 Å². The lowest BCUT2D eigenvalue weighted by Crippen LogP contribution is -2.23. The van der Waals surface area contributed by atoms with E-state index in [0.717, 1.165) is 28.9 Å². The number of nitrogens with one attached hydrogen (secondary N) is 2. The number of carbonyl (C=O) groups is 1. The normalized spacial score (nSPS) is 17.3. The summed E-state index contributed by atoms with van der Waals surface area (Å²) >= 11 is 5.86. The van der Waals surface area contributed by atoms with E-state index in [1.807, 2.05) is 38.1 Å². The molecule has 0 aliphatic carbocycles. The molecule has 1 saturated heterocycles. The third-order valence-electron chi connectivity index (χ3n) is 4.33. The SMILES string of the molecule is CCOc1ccc(C(=C[C@H]2CCC(=O)N2)c2ccc(Cl)c(=O)[nH]2)cc1C. The van der Waals surface area contributed by atoms with Crippen LogP contribution in [0, 0.1) is 6.92 Å². The second-order valence-corrected chi connectivity index (χ2v) is 6.66. The van der Waals surface area contributed by atoms with Crippen LogP contribution in [0.15, 0.2) is 41.2 Å². The summed E-state index contributed by atoms with van der Waals surface area (Å²) in [5.74, 6) is 0.868. The van der Waals surface area contributed by atoms with Gasteiger partial charge in [-0.05, 0) is 55.7 Å². The monoisotopic (exact) mass is 372 g/mol. The zero-order valence-electron chi connectivity index (χ0n) is 14.8. The van der Waals surface area contributed by atoms with Crippen molar-refractivity contribution in [2.24, 2.45) is 0 Å². The van der Waals surface area contributed by atoms with E-state index in [1.54, 1.807) is 12.1 Å². The molecule has 0 unspecified atom stereocenters. The first-order valence-corrected chi connectivity index (χ1v) is 9.00. The Bertz CT molecular complexity index is 918. The molecule has 5 nitrogen and oxygen atoms in total. The van der Waals surface area contributed by atoms with Crippen molar-refractivity contribution < 1.29 is 9.53 Å². The highest BCUT2D eigenvalue weighted by molar-refractivity contribution is 6.30. The third-order valence-corrected chi connectivity index (χ3v) is 4.63. The van der Waals surface area contributed by atoms with Crippen LogP contribution in [0.3, 0.4) is 0 Å². The molecule has 0 saturated carbocycles. The van der Waals surface area contributed by atoms with Crippen molar-refractivity contribution in [2.45, 2.75) is 32.7 Å². The van der Waals surface area contributed by atoms with Crippen LogP contribution in [0.2, 0.25) is 5.02 Å². The van der Waals surface area contributed by atoms with Crippen LogP contribution in [0.5, 0.6) is 5.75 Å². The maximum atomic E-state index is 12.0. The van der Waals surface area contributed by atoms with Crippen LogP contribution in [0.25, 0.3) is 5.57 Å². The first-order chi connectivity index (χ1) is 12.5. The van der Waals surface area contributed by atoms with Gasteiger partial charge in [-0.3, -0.25) is 9.59 Å². The second kappa shape index (κ2) is 7.79. The maximum Gasteiger partial charge on any atom is 0.267 e. The quantitative estimate of drug-likeness (QED) is 0.844. The van der Waals surface area contributed by atoms with Crippen molar-refractivity contribution in [3.05, 3.63) is 68.6 Å². The average molecular weight is 373 g/mol. The molecule has 136 valence electrons. The van der Waals surface area contributed by atoms with Gasteiger partial charge in [0, 0.05) is 23.7 Å². The van der Waals surface area contributed by atoms with Gasteiger partial charge in [0.25, 0.3) is 5.56 Å². The van der Waals surface area contributed by atoms with Gasteiger partial charge >= 0.3 is 0 Å². The fourth-order valence-corrected chi connectivity index (χ4v) is 3.16. The number of carbonyl (C=O) groups excluding carboxylic acids is 1. The number of H-pyrrole nitrogens is 1. The van der Waals surface area contributed by atoms with Crippen LogP contribution < -0.4 is 15.6 Å². The highest BCUT2D eigenvalue weighted by Crippen LogP contribution is 2.28.